The van der Waals surface area contributed by atoms with E-state index in [1.165, 1.54) is 23.7 Å². The van der Waals surface area contributed by atoms with Crippen molar-refractivity contribution in [3.63, 3.8) is 0 Å². The van der Waals surface area contributed by atoms with E-state index >= 15 is 4.39 Å². The van der Waals surface area contributed by atoms with E-state index in [9.17, 15) is 14.4 Å². The summed E-state index contributed by atoms with van der Waals surface area (Å²) in [6, 6.07) is -0.0556. The molecule has 5 heterocycles. The number of amides is 4. The molecule has 0 aliphatic carbocycles. The molecule has 4 amide bonds. The zero-order valence-corrected chi connectivity index (χ0v) is 18.1. The van der Waals surface area contributed by atoms with E-state index in [1.807, 2.05) is 6.92 Å². The molecule has 0 bridgehead atoms. The third-order valence-electron chi connectivity index (χ3n) is 6.74. The molecular formula is C21H19FN8O4. The second-order valence-corrected chi connectivity index (χ2v) is 8.77. The number of hydrogen-bond acceptors (Lipinski definition) is 9. The van der Waals surface area contributed by atoms with Gasteiger partial charge >= 0.3 is 6.03 Å². The summed E-state index contributed by atoms with van der Waals surface area (Å²) in [4.78, 5) is 52.4. The lowest BCUT2D eigenvalue weighted by molar-refractivity contribution is -0.153. The van der Waals surface area contributed by atoms with Crippen LogP contribution in [0.4, 0.5) is 14.9 Å². The largest absolute Gasteiger partial charge is 0.372 e. The molecular weight excluding hydrogens is 447 g/mol. The van der Waals surface area contributed by atoms with Gasteiger partial charge < -0.3 is 9.64 Å². The highest BCUT2D eigenvalue weighted by atomic mass is 19.1. The molecule has 2 aromatic heterocycles. The summed E-state index contributed by atoms with van der Waals surface area (Å²) in [6.45, 7) is 3.81. The Morgan fingerprint density at radius 1 is 1.15 bits per heavy atom. The third-order valence-corrected chi connectivity index (χ3v) is 6.74. The highest BCUT2D eigenvalue weighted by Gasteiger charge is 2.63. The standard InChI is InChI=1S/C21H19FN8O4/c1-9-5-29-15-11(3-12-14(13(15)22)24-7-25-17(12)30-8-23-6-26-30)4-21(16(29)10(2)34-9)18(31)27-20(33)28-19(21)32/h3,6-10,16H,4-5H2,1-2H3,(H2,27,28,31,32,33)/t9-,10+,16-/m1/s1. The van der Waals surface area contributed by atoms with Gasteiger partial charge in [-0.05, 0) is 25.5 Å². The maximum atomic E-state index is 16.1. The van der Waals surface area contributed by atoms with Crippen LogP contribution in [0.1, 0.15) is 19.4 Å². The Hall–Kier alpha value is -4.00. The predicted octanol–water partition coefficient (Wildman–Crippen LogP) is 0.240. The van der Waals surface area contributed by atoms with Crippen molar-refractivity contribution in [1.29, 1.82) is 0 Å². The lowest BCUT2D eigenvalue weighted by atomic mass is 9.66. The Bertz CT molecular complexity index is 1360. The van der Waals surface area contributed by atoms with E-state index in [0.29, 0.717) is 16.8 Å². The van der Waals surface area contributed by atoms with E-state index in [2.05, 4.69) is 30.7 Å². The summed E-state index contributed by atoms with van der Waals surface area (Å²) in [6.07, 6.45) is 2.95. The molecule has 34 heavy (non-hydrogen) atoms. The average molecular weight is 466 g/mol. The van der Waals surface area contributed by atoms with Crippen LogP contribution in [-0.4, -0.2) is 67.4 Å². The lowest BCUT2D eigenvalue weighted by Gasteiger charge is -2.55. The van der Waals surface area contributed by atoms with Crippen LogP contribution in [0.5, 0.6) is 0 Å². The van der Waals surface area contributed by atoms with Crippen LogP contribution >= 0.6 is 0 Å². The molecule has 0 unspecified atom stereocenters. The first kappa shape index (κ1) is 20.6. The van der Waals surface area contributed by atoms with Gasteiger partial charge in [0.15, 0.2) is 17.1 Å². The molecule has 1 spiro atoms. The van der Waals surface area contributed by atoms with Gasteiger partial charge in [0.25, 0.3) is 0 Å². The molecule has 6 rings (SSSR count). The Kier molecular flexibility index (Phi) is 4.24. The first-order chi connectivity index (χ1) is 16.3. The minimum atomic E-state index is -1.70. The fraction of sp³-hybridized carbons (Fsp3) is 0.381. The molecule has 3 aliphatic heterocycles. The minimum absolute atomic E-state index is 0.0773. The quantitative estimate of drug-likeness (QED) is 0.482. The fourth-order valence-corrected chi connectivity index (χ4v) is 5.56. The SMILES string of the molecule is C[C@@H]1CN2c3c(cc4c(-n5cncn5)ncnc4c3F)CC3(C(=O)NC(=O)NC3=O)[C@H]2[C@H](C)O1. The second-order valence-electron chi connectivity index (χ2n) is 8.77. The van der Waals surface area contributed by atoms with Crippen LogP contribution in [0.25, 0.3) is 16.7 Å². The Morgan fingerprint density at radius 3 is 2.62 bits per heavy atom. The minimum Gasteiger partial charge on any atom is -0.372 e. The summed E-state index contributed by atoms with van der Waals surface area (Å²) in [7, 11) is 0. The number of anilines is 1. The van der Waals surface area contributed by atoms with Gasteiger partial charge in [-0.3, -0.25) is 20.2 Å². The van der Waals surface area contributed by atoms with Crippen molar-refractivity contribution >= 4 is 34.4 Å². The molecule has 12 nitrogen and oxygen atoms in total. The summed E-state index contributed by atoms with van der Waals surface area (Å²) in [5.74, 6) is -1.77. The number of rotatable bonds is 1. The van der Waals surface area contributed by atoms with Gasteiger partial charge in [-0.2, -0.15) is 5.10 Å². The van der Waals surface area contributed by atoms with Crippen molar-refractivity contribution < 1.29 is 23.5 Å². The summed E-state index contributed by atoms with van der Waals surface area (Å²) in [5, 5.41) is 8.86. The third kappa shape index (κ3) is 2.64. The number of halogens is 1. The zero-order chi connectivity index (χ0) is 23.8. The van der Waals surface area contributed by atoms with Gasteiger partial charge in [-0.25, -0.2) is 28.8 Å². The molecule has 0 saturated carbocycles. The van der Waals surface area contributed by atoms with Crippen LogP contribution in [-0.2, 0) is 20.7 Å². The highest BCUT2D eigenvalue weighted by molar-refractivity contribution is 6.20. The van der Waals surface area contributed by atoms with Gasteiger partial charge in [0.2, 0.25) is 11.8 Å². The predicted molar refractivity (Wildman–Crippen MR) is 113 cm³/mol. The van der Waals surface area contributed by atoms with Crippen molar-refractivity contribution in [2.75, 3.05) is 11.4 Å². The number of aromatic nitrogens is 5. The number of benzene rings is 1. The van der Waals surface area contributed by atoms with Gasteiger partial charge in [0, 0.05) is 18.4 Å². The molecule has 174 valence electrons. The van der Waals surface area contributed by atoms with Crippen molar-refractivity contribution in [2.24, 2.45) is 5.41 Å². The number of carbonyl (C=O) groups is 3. The van der Waals surface area contributed by atoms with Crippen molar-refractivity contribution in [3.8, 4) is 5.82 Å². The van der Waals surface area contributed by atoms with E-state index in [1.54, 1.807) is 17.9 Å². The first-order valence-electron chi connectivity index (χ1n) is 10.7. The number of imide groups is 2. The van der Waals surface area contributed by atoms with Gasteiger partial charge in [-0.15, -0.1) is 0 Å². The monoisotopic (exact) mass is 466 g/mol. The number of nitrogens with one attached hydrogen (secondary N) is 2. The molecule has 2 saturated heterocycles. The molecule has 3 aromatic rings. The normalized spacial score (nSPS) is 25.7. The number of carbonyl (C=O) groups excluding carboxylic acids is 3. The number of fused-ring (bicyclic) bond motifs is 5. The fourth-order valence-electron chi connectivity index (χ4n) is 5.56. The number of morpholine rings is 1. The summed E-state index contributed by atoms with van der Waals surface area (Å²) in [5.41, 5.74) is -0.957. The van der Waals surface area contributed by atoms with Crippen molar-refractivity contribution in [3.05, 3.63) is 36.4 Å². The number of ether oxygens (including phenoxy) is 1. The first-order valence-corrected chi connectivity index (χ1v) is 10.7. The van der Waals surface area contributed by atoms with E-state index in [4.69, 9.17) is 4.74 Å². The van der Waals surface area contributed by atoms with Crippen molar-refractivity contribution in [1.82, 2.24) is 35.4 Å². The Balaban J connectivity index is 1.63. The second kappa shape index (κ2) is 7.00. The zero-order valence-electron chi connectivity index (χ0n) is 18.1. The van der Waals surface area contributed by atoms with Crippen LogP contribution in [0.3, 0.4) is 0 Å². The molecule has 1 aromatic carbocycles. The molecule has 0 radical (unpaired) electrons. The average Bonchev–Trinajstić information content (AvgIpc) is 3.31. The number of barbiturate groups is 1. The molecule has 2 fully saturated rings. The number of hydrogen-bond donors (Lipinski definition) is 2. The van der Waals surface area contributed by atoms with Gasteiger partial charge in [0.05, 0.1) is 23.9 Å². The van der Waals surface area contributed by atoms with E-state index < -0.39 is 41.2 Å². The smallest absolute Gasteiger partial charge is 0.328 e. The van der Waals surface area contributed by atoms with Crippen molar-refractivity contribution in [2.45, 2.75) is 38.5 Å². The van der Waals surface area contributed by atoms with Crippen LogP contribution in [0, 0.1) is 11.2 Å². The van der Waals surface area contributed by atoms with E-state index in [-0.39, 0.29) is 30.3 Å². The summed E-state index contributed by atoms with van der Waals surface area (Å²) < 4.78 is 23.5. The van der Waals surface area contributed by atoms with Crippen LogP contribution < -0.4 is 15.5 Å². The molecule has 2 N–H and O–H groups in total. The molecule has 13 heteroatoms. The summed E-state index contributed by atoms with van der Waals surface area (Å²) >= 11 is 0. The lowest BCUT2D eigenvalue weighted by Crippen LogP contribution is -2.75. The highest BCUT2D eigenvalue weighted by Crippen LogP contribution is 2.49. The number of nitrogens with zero attached hydrogens (tertiary/aromatic N) is 6. The Morgan fingerprint density at radius 2 is 1.91 bits per heavy atom. The molecule has 3 atom stereocenters. The van der Waals surface area contributed by atoms with Gasteiger partial charge in [-0.1, -0.05) is 0 Å². The van der Waals surface area contributed by atoms with E-state index in [0.717, 1.165) is 0 Å². The number of urea groups is 1. The topological polar surface area (TPSA) is 144 Å². The van der Waals surface area contributed by atoms with Gasteiger partial charge in [0.1, 0.15) is 24.5 Å². The Labute approximate surface area is 191 Å². The maximum Gasteiger partial charge on any atom is 0.328 e. The maximum absolute atomic E-state index is 16.1. The van der Waals surface area contributed by atoms with Crippen LogP contribution in [0.2, 0.25) is 0 Å². The molecule has 3 aliphatic rings. The van der Waals surface area contributed by atoms with Crippen LogP contribution in [0.15, 0.2) is 25.0 Å².